The third-order valence-corrected chi connectivity index (χ3v) is 22.0. The van der Waals surface area contributed by atoms with Crippen LogP contribution in [0.1, 0.15) is 125 Å². The Morgan fingerprint density at radius 3 is 0.818 bits per heavy atom. The van der Waals surface area contributed by atoms with E-state index in [-0.39, 0.29) is 43.3 Å². The van der Waals surface area contributed by atoms with Gasteiger partial charge in [-0.1, -0.05) is 125 Å². The molecule has 1 spiro atoms. The largest absolute Gasteiger partial charge is 0.0588 e. The first-order valence-electron chi connectivity index (χ1n) is 14.2. The molecule has 8 fully saturated rings. The van der Waals surface area contributed by atoms with Gasteiger partial charge in [0.25, 0.3) is 0 Å². The molecule has 11 unspecified atom stereocenters. The SMILES string of the molecule is CC1(C)C2(C)C(C)(C)C3(C)C4(C)C1(C)C1(C)C5(C)C(C)(C)C6(C)C(C)(C)C3(C)C6(C21C)C54C. The van der Waals surface area contributed by atoms with Crippen molar-refractivity contribution in [2.45, 2.75) is 125 Å². The van der Waals surface area contributed by atoms with Gasteiger partial charge in [0.2, 0.25) is 0 Å². The molecule has 0 radical (unpaired) electrons. The van der Waals surface area contributed by atoms with E-state index in [4.69, 9.17) is 0 Å². The van der Waals surface area contributed by atoms with E-state index in [1.54, 1.807) is 0 Å². The van der Waals surface area contributed by atoms with Gasteiger partial charge in [-0.05, 0) is 81.2 Å². The third kappa shape index (κ3) is 0.806. The third-order valence-electron chi connectivity index (χ3n) is 22.0. The average Bonchev–Trinajstić information content (AvgIpc) is 3.00. The molecule has 33 heavy (non-hydrogen) atoms. The van der Waals surface area contributed by atoms with E-state index in [1.165, 1.54) is 0 Å². The predicted molar refractivity (Wildman–Crippen MR) is 139 cm³/mol. The van der Waals surface area contributed by atoms with Gasteiger partial charge in [0, 0.05) is 0 Å². The van der Waals surface area contributed by atoms with Crippen molar-refractivity contribution in [3.63, 3.8) is 0 Å². The Morgan fingerprint density at radius 2 is 0.424 bits per heavy atom. The second kappa shape index (κ2) is 3.80. The Morgan fingerprint density at radius 1 is 0.182 bits per heavy atom. The fraction of sp³-hybridized carbons (Fsp3) is 1.00. The van der Waals surface area contributed by atoms with Gasteiger partial charge in [0.15, 0.2) is 0 Å². The van der Waals surface area contributed by atoms with Gasteiger partial charge in [-0.2, -0.15) is 0 Å². The molecule has 0 heterocycles. The van der Waals surface area contributed by atoms with E-state index in [9.17, 15) is 0 Å². The van der Waals surface area contributed by atoms with Crippen LogP contribution in [0.4, 0.5) is 0 Å². The Bertz CT molecular complexity index is 1150. The highest BCUT2D eigenvalue weighted by Crippen LogP contribution is 3.27. The molecule has 0 saturated heterocycles. The van der Waals surface area contributed by atoms with Crippen LogP contribution < -0.4 is 0 Å². The molecular formula is C33H54. The summed E-state index contributed by atoms with van der Waals surface area (Å²) in [7, 11) is 0. The molecule has 0 aromatic rings. The lowest BCUT2D eigenvalue weighted by molar-refractivity contribution is -0.482. The quantitative estimate of drug-likeness (QED) is 0.345. The van der Waals surface area contributed by atoms with Crippen LogP contribution in [0.2, 0.25) is 0 Å². The lowest BCUT2D eigenvalue weighted by Gasteiger charge is -2.94. The smallest absolute Gasteiger partial charge is 0.00382 e. The highest BCUT2D eigenvalue weighted by molar-refractivity contribution is 5.69. The molecule has 0 aromatic carbocycles. The van der Waals surface area contributed by atoms with E-state index < -0.39 is 0 Å². The fourth-order valence-corrected chi connectivity index (χ4v) is 20.9. The minimum atomic E-state index is 0.252. The average molecular weight is 451 g/mol. The van der Waals surface area contributed by atoms with Gasteiger partial charge in [0.05, 0.1) is 0 Å². The van der Waals surface area contributed by atoms with Crippen molar-refractivity contribution in [2.24, 2.45) is 81.2 Å². The van der Waals surface area contributed by atoms with Crippen molar-refractivity contribution in [3.05, 3.63) is 0 Å². The summed E-state index contributed by atoms with van der Waals surface area (Å²) < 4.78 is 0. The number of hydrogen-bond donors (Lipinski definition) is 0. The summed E-state index contributed by atoms with van der Waals surface area (Å²) in [5.74, 6) is 0. The number of hydrogen-bond acceptors (Lipinski definition) is 0. The minimum Gasteiger partial charge on any atom is -0.0588 e. The van der Waals surface area contributed by atoms with Crippen LogP contribution in [0.25, 0.3) is 0 Å². The second-order valence-electron chi connectivity index (χ2n) is 18.5. The Labute approximate surface area is 205 Å². The monoisotopic (exact) mass is 450 g/mol. The van der Waals surface area contributed by atoms with Gasteiger partial charge in [-0.25, -0.2) is 0 Å². The van der Waals surface area contributed by atoms with Crippen LogP contribution in [-0.2, 0) is 0 Å². The molecule has 8 aliphatic rings. The van der Waals surface area contributed by atoms with Crippen LogP contribution in [0.5, 0.6) is 0 Å². The lowest BCUT2D eigenvalue weighted by atomic mass is 9.09. The van der Waals surface area contributed by atoms with E-state index in [0.717, 1.165) is 0 Å². The van der Waals surface area contributed by atoms with E-state index in [2.05, 4.69) is 125 Å². The first kappa shape index (κ1) is 22.2. The van der Waals surface area contributed by atoms with E-state index >= 15 is 0 Å². The minimum absolute atomic E-state index is 0.252. The maximum atomic E-state index is 2.89. The van der Waals surface area contributed by atoms with Crippen LogP contribution in [0.3, 0.4) is 0 Å². The normalized spacial score (nSPS) is 77.3. The summed E-state index contributed by atoms with van der Waals surface area (Å²) in [6.45, 7) is 50.4. The van der Waals surface area contributed by atoms with Gasteiger partial charge < -0.3 is 0 Å². The van der Waals surface area contributed by atoms with E-state index in [0.29, 0.717) is 37.9 Å². The standard InChI is InChI=1S/C33H54/c1-19(2)23(9)20(3,4)26(12)29(15)25(19,11)28(14)22(7,8)24(10)21(5,6)27(13)30(26,16)31(23,17)33(24,28)32(27,29)18/h1-18H3. The molecule has 0 nitrogen and oxygen atoms in total. The summed E-state index contributed by atoms with van der Waals surface area (Å²) in [6, 6.07) is 0. The maximum Gasteiger partial charge on any atom is -0.00382 e. The fourth-order valence-electron chi connectivity index (χ4n) is 20.9. The number of rotatable bonds is 0. The summed E-state index contributed by atoms with van der Waals surface area (Å²) in [6.07, 6.45) is 0. The summed E-state index contributed by atoms with van der Waals surface area (Å²) in [4.78, 5) is 0. The molecule has 186 valence electrons. The molecule has 0 aromatic heterocycles. The Balaban J connectivity index is 1.91. The molecular weight excluding hydrogens is 396 g/mol. The van der Waals surface area contributed by atoms with Crippen LogP contribution in [0.15, 0.2) is 0 Å². The maximum absolute atomic E-state index is 2.89. The molecule has 0 aliphatic heterocycles. The second-order valence-corrected chi connectivity index (χ2v) is 18.5. The summed E-state index contributed by atoms with van der Waals surface area (Å²) in [5, 5.41) is 0. The highest BCUT2D eigenvalue weighted by Gasteiger charge is 3.24. The molecule has 0 N–H and O–H groups in total. The summed E-state index contributed by atoms with van der Waals surface area (Å²) >= 11 is 0. The molecule has 8 aliphatic carbocycles. The molecule has 8 rings (SSSR count). The zero-order chi connectivity index (χ0) is 25.5. The Kier molecular flexibility index (Phi) is 2.56. The molecule has 11 atom stereocenters. The van der Waals surface area contributed by atoms with Gasteiger partial charge >= 0.3 is 0 Å². The Hall–Kier alpha value is 0. The first-order valence-corrected chi connectivity index (χ1v) is 14.2. The molecule has 0 amide bonds. The van der Waals surface area contributed by atoms with Crippen LogP contribution in [-0.4, -0.2) is 0 Å². The highest BCUT2D eigenvalue weighted by atomic mass is 15.3. The van der Waals surface area contributed by atoms with Crippen molar-refractivity contribution in [3.8, 4) is 0 Å². The van der Waals surface area contributed by atoms with Gasteiger partial charge in [0.1, 0.15) is 0 Å². The van der Waals surface area contributed by atoms with Crippen molar-refractivity contribution >= 4 is 0 Å². The predicted octanol–water partition coefficient (Wildman–Crippen LogP) is 9.24. The first-order chi connectivity index (χ1) is 14.2. The van der Waals surface area contributed by atoms with Crippen LogP contribution >= 0.6 is 0 Å². The molecule has 7 bridgehead atoms. The lowest BCUT2D eigenvalue weighted by Crippen LogP contribution is -2.91. The van der Waals surface area contributed by atoms with Crippen molar-refractivity contribution in [1.29, 1.82) is 0 Å². The van der Waals surface area contributed by atoms with Crippen molar-refractivity contribution in [1.82, 2.24) is 0 Å². The zero-order valence-electron chi connectivity index (χ0n) is 25.5. The van der Waals surface area contributed by atoms with E-state index in [1.807, 2.05) is 0 Å². The van der Waals surface area contributed by atoms with Crippen molar-refractivity contribution < 1.29 is 0 Å². The molecule has 8 saturated carbocycles. The summed E-state index contributed by atoms with van der Waals surface area (Å²) in [5.41, 5.74) is 4.36. The van der Waals surface area contributed by atoms with Gasteiger partial charge in [-0.3, -0.25) is 0 Å². The van der Waals surface area contributed by atoms with Gasteiger partial charge in [-0.15, -0.1) is 0 Å². The topological polar surface area (TPSA) is 0 Å². The van der Waals surface area contributed by atoms with Crippen LogP contribution in [0, 0.1) is 81.2 Å². The van der Waals surface area contributed by atoms with Crippen molar-refractivity contribution in [2.75, 3.05) is 0 Å². The molecule has 0 heteroatoms. The zero-order valence-corrected chi connectivity index (χ0v) is 25.5.